The standard InChI is InChI=1S/C17H18N2O2S/c1-11-10-22-17-13(11)9-14(16(21)19(17)3)15(20)18(2)12-7-5-4-6-8-12/h5,7-10H,4,6H2,1-3H3. The van der Waals surface area contributed by atoms with E-state index in [9.17, 15) is 9.59 Å². The minimum absolute atomic E-state index is 0.221. The number of carbonyl (C=O) groups excluding carboxylic acids is 1. The second-order valence-electron chi connectivity index (χ2n) is 5.53. The van der Waals surface area contributed by atoms with Gasteiger partial charge in [0.15, 0.2) is 0 Å². The number of thiophene rings is 1. The van der Waals surface area contributed by atoms with Crippen LogP contribution < -0.4 is 5.56 Å². The summed E-state index contributed by atoms with van der Waals surface area (Å²) >= 11 is 1.53. The molecule has 22 heavy (non-hydrogen) atoms. The molecule has 2 aromatic heterocycles. The second-order valence-corrected chi connectivity index (χ2v) is 6.39. The fourth-order valence-corrected chi connectivity index (χ4v) is 3.66. The van der Waals surface area contributed by atoms with E-state index in [1.807, 2.05) is 30.5 Å². The number of fused-ring (bicyclic) bond motifs is 1. The van der Waals surface area contributed by atoms with E-state index in [-0.39, 0.29) is 17.0 Å². The number of pyridine rings is 1. The van der Waals surface area contributed by atoms with E-state index < -0.39 is 0 Å². The summed E-state index contributed by atoms with van der Waals surface area (Å²) < 4.78 is 1.57. The third kappa shape index (κ3) is 2.31. The number of rotatable bonds is 2. The second kappa shape index (κ2) is 5.57. The number of allylic oxidation sites excluding steroid dienone is 3. The topological polar surface area (TPSA) is 42.3 Å². The molecule has 0 saturated heterocycles. The van der Waals surface area contributed by atoms with Crippen molar-refractivity contribution in [3.63, 3.8) is 0 Å². The predicted octanol–water partition coefficient (Wildman–Crippen LogP) is 3.21. The van der Waals surface area contributed by atoms with Crippen molar-refractivity contribution in [2.75, 3.05) is 7.05 Å². The molecular weight excluding hydrogens is 296 g/mol. The van der Waals surface area contributed by atoms with E-state index in [0.29, 0.717) is 0 Å². The number of nitrogens with zero attached hydrogens (tertiary/aromatic N) is 2. The molecule has 0 unspecified atom stereocenters. The summed E-state index contributed by atoms with van der Waals surface area (Å²) in [5, 5.41) is 2.98. The Morgan fingerprint density at radius 2 is 2.14 bits per heavy atom. The summed E-state index contributed by atoms with van der Waals surface area (Å²) in [6, 6.07) is 1.73. The summed E-state index contributed by atoms with van der Waals surface area (Å²) in [6.45, 7) is 1.99. The zero-order valence-corrected chi connectivity index (χ0v) is 13.7. The smallest absolute Gasteiger partial charge is 0.264 e. The highest BCUT2D eigenvalue weighted by atomic mass is 32.1. The molecule has 1 amide bonds. The van der Waals surface area contributed by atoms with Crippen molar-refractivity contribution in [2.24, 2.45) is 7.05 Å². The molecule has 5 heteroatoms. The van der Waals surface area contributed by atoms with E-state index in [4.69, 9.17) is 0 Å². The largest absolute Gasteiger partial charge is 0.312 e. The lowest BCUT2D eigenvalue weighted by atomic mass is 10.1. The van der Waals surface area contributed by atoms with Crippen molar-refractivity contribution >= 4 is 27.5 Å². The molecule has 0 aliphatic heterocycles. The minimum atomic E-state index is -0.258. The third-order valence-electron chi connectivity index (χ3n) is 4.03. The third-order valence-corrected chi connectivity index (χ3v) is 5.22. The normalized spacial score (nSPS) is 14.2. The van der Waals surface area contributed by atoms with Crippen LogP contribution in [0.4, 0.5) is 0 Å². The van der Waals surface area contributed by atoms with Crippen molar-refractivity contribution < 1.29 is 4.79 Å². The Bertz CT molecular complexity index is 871. The van der Waals surface area contributed by atoms with Crippen LogP contribution >= 0.6 is 11.3 Å². The lowest BCUT2D eigenvalue weighted by Crippen LogP contribution is -2.33. The summed E-state index contributed by atoms with van der Waals surface area (Å²) in [7, 11) is 3.44. The zero-order valence-electron chi connectivity index (χ0n) is 12.9. The van der Waals surface area contributed by atoms with E-state index in [2.05, 4.69) is 0 Å². The van der Waals surface area contributed by atoms with Crippen LogP contribution in [-0.4, -0.2) is 22.4 Å². The molecule has 1 aliphatic rings. The summed E-state index contributed by atoms with van der Waals surface area (Å²) in [5.74, 6) is -0.258. The first kappa shape index (κ1) is 14.8. The van der Waals surface area contributed by atoms with Gasteiger partial charge in [-0.1, -0.05) is 12.2 Å². The monoisotopic (exact) mass is 314 g/mol. The molecule has 1 aliphatic carbocycles. The molecule has 0 saturated carbocycles. The van der Waals surface area contributed by atoms with Crippen LogP contribution in [0.15, 0.2) is 40.2 Å². The molecule has 0 atom stereocenters. The maximum Gasteiger partial charge on any atom is 0.264 e. The minimum Gasteiger partial charge on any atom is -0.312 e. The highest BCUT2D eigenvalue weighted by Crippen LogP contribution is 2.25. The fraction of sp³-hybridized carbons (Fsp3) is 0.294. The maximum atomic E-state index is 12.7. The molecule has 0 bridgehead atoms. The van der Waals surface area contributed by atoms with Crippen molar-refractivity contribution in [2.45, 2.75) is 19.8 Å². The van der Waals surface area contributed by atoms with Crippen molar-refractivity contribution in [1.82, 2.24) is 9.47 Å². The quantitative estimate of drug-likeness (QED) is 0.854. The van der Waals surface area contributed by atoms with Crippen LogP contribution in [0.1, 0.15) is 28.8 Å². The number of aromatic nitrogens is 1. The first-order chi connectivity index (χ1) is 10.5. The van der Waals surface area contributed by atoms with E-state index >= 15 is 0 Å². The molecule has 0 aromatic carbocycles. The first-order valence-corrected chi connectivity index (χ1v) is 8.11. The molecule has 0 N–H and O–H groups in total. The van der Waals surface area contributed by atoms with E-state index in [1.54, 1.807) is 29.6 Å². The van der Waals surface area contributed by atoms with E-state index in [1.165, 1.54) is 11.3 Å². The number of aryl methyl sites for hydroxylation is 2. The Hall–Kier alpha value is -2.14. The number of likely N-dealkylation sites (N-methyl/N-ethyl adjacent to an activating group) is 1. The predicted molar refractivity (Wildman–Crippen MR) is 90.4 cm³/mol. The number of carbonyl (C=O) groups is 1. The molecule has 4 nitrogen and oxygen atoms in total. The maximum absolute atomic E-state index is 12.7. The molecule has 2 heterocycles. The van der Waals surface area contributed by atoms with Gasteiger partial charge >= 0.3 is 0 Å². The first-order valence-electron chi connectivity index (χ1n) is 7.23. The van der Waals surface area contributed by atoms with Gasteiger partial charge in [-0.3, -0.25) is 9.59 Å². The molecule has 0 radical (unpaired) electrons. The van der Waals surface area contributed by atoms with Crippen molar-refractivity contribution in [1.29, 1.82) is 0 Å². The van der Waals surface area contributed by atoms with Gasteiger partial charge < -0.3 is 9.47 Å². The summed E-state index contributed by atoms with van der Waals surface area (Å²) in [4.78, 5) is 27.7. The Morgan fingerprint density at radius 3 is 2.82 bits per heavy atom. The number of amides is 1. The van der Waals surface area contributed by atoms with E-state index in [0.717, 1.165) is 34.3 Å². The number of hydrogen-bond acceptors (Lipinski definition) is 3. The Kier molecular flexibility index (Phi) is 3.74. The molecule has 0 fully saturated rings. The van der Waals surface area contributed by atoms with Gasteiger partial charge in [-0.25, -0.2) is 0 Å². The Morgan fingerprint density at radius 1 is 1.36 bits per heavy atom. The van der Waals surface area contributed by atoms with Gasteiger partial charge in [0.2, 0.25) is 0 Å². The van der Waals surface area contributed by atoms with Gasteiger partial charge in [0.05, 0.1) is 0 Å². The van der Waals surface area contributed by atoms with Crippen LogP contribution in [0.25, 0.3) is 10.2 Å². The highest BCUT2D eigenvalue weighted by Gasteiger charge is 2.21. The molecular formula is C17H18N2O2S. The van der Waals surface area contributed by atoms with Gasteiger partial charge in [0.25, 0.3) is 11.5 Å². The average Bonchev–Trinajstić information content (AvgIpc) is 2.91. The molecule has 0 spiro atoms. The van der Waals surface area contributed by atoms with Crippen molar-refractivity contribution in [3.05, 3.63) is 56.9 Å². The molecule has 114 valence electrons. The lowest BCUT2D eigenvalue weighted by Gasteiger charge is -2.20. The fourth-order valence-electron chi connectivity index (χ4n) is 2.65. The van der Waals surface area contributed by atoms with Crippen LogP contribution in [0.3, 0.4) is 0 Å². The van der Waals surface area contributed by atoms with Gasteiger partial charge in [-0.15, -0.1) is 11.3 Å². The zero-order chi connectivity index (χ0) is 15.9. The van der Waals surface area contributed by atoms with Crippen LogP contribution in [0.2, 0.25) is 0 Å². The Labute approximate surface area is 133 Å². The lowest BCUT2D eigenvalue weighted by molar-refractivity contribution is 0.0838. The van der Waals surface area contributed by atoms with Gasteiger partial charge in [-0.2, -0.15) is 0 Å². The van der Waals surface area contributed by atoms with Gasteiger partial charge in [0.1, 0.15) is 10.4 Å². The molecule has 2 aromatic rings. The van der Waals surface area contributed by atoms with Gasteiger partial charge in [0, 0.05) is 25.2 Å². The SMILES string of the molecule is Cc1csc2c1cc(C(=O)N(C)C1=CCCC=C1)c(=O)n2C. The average molecular weight is 314 g/mol. The summed E-state index contributed by atoms with van der Waals surface area (Å²) in [6.07, 6.45) is 7.91. The van der Waals surface area contributed by atoms with Crippen molar-refractivity contribution in [3.8, 4) is 0 Å². The highest BCUT2D eigenvalue weighted by molar-refractivity contribution is 7.17. The van der Waals surface area contributed by atoms with Gasteiger partial charge in [-0.05, 0) is 42.9 Å². The molecule has 3 rings (SSSR count). The van der Waals surface area contributed by atoms with Crippen LogP contribution in [0.5, 0.6) is 0 Å². The van der Waals surface area contributed by atoms with Crippen LogP contribution in [0, 0.1) is 6.92 Å². The summed E-state index contributed by atoms with van der Waals surface area (Å²) in [5.41, 5.74) is 1.91. The number of hydrogen-bond donors (Lipinski definition) is 0. The van der Waals surface area contributed by atoms with Crippen LogP contribution in [-0.2, 0) is 7.05 Å². The Balaban J connectivity index is 2.09.